The first-order chi connectivity index (χ1) is 16.6. The summed E-state index contributed by atoms with van der Waals surface area (Å²) >= 11 is 0. The topological polar surface area (TPSA) is 64.6 Å². The maximum Gasteiger partial charge on any atom is 0.407 e. The molecule has 0 aromatic heterocycles. The Bertz CT molecular complexity index is 1120. The molecular weight excluding hydrogens is 466 g/mol. The van der Waals surface area contributed by atoms with E-state index in [1.54, 1.807) is 34.6 Å². The number of hydrogen-bond donors (Lipinski definition) is 1. The predicted octanol–water partition coefficient (Wildman–Crippen LogP) is 6.67. The van der Waals surface area contributed by atoms with Crippen molar-refractivity contribution in [1.82, 2.24) is 5.32 Å². The first-order valence-electron chi connectivity index (χ1n) is 11.3. The van der Waals surface area contributed by atoms with Gasteiger partial charge in [0, 0.05) is 17.7 Å². The first-order valence-corrected chi connectivity index (χ1v) is 13.6. The van der Waals surface area contributed by atoms with E-state index in [0.29, 0.717) is 5.75 Å². The van der Waals surface area contributed by atoms with E-state index >= 15 is 0 Å². The zero-order chi connectivity index (χ0) is 23.9. The number of rotatable bonds is 9. The Kier molecular flexibility index (Phi) is 8.19. The van der Waals surface area contributed by atoms with E-state index < -0.39 is 18.1 Å². The number of esters is 1. The molecule has 0 bridgehead atoms. The summed E-state index contributed by atoms with van der Waals surface area (Å²) in [6.45, 7) is 4.07. The second-order valence-electron chi connectivity index (χ2n) is 7.99. The van der Waals surface area contributed by atoms with Crippen LogP contribution < -0.4 is 10.1 Å². The van der Waals surface area contributed by atoms with Crippen molar-refractivity contribution in [1.29, 1.82) is 0 Å². The van der Waals surface area contributed by atoms with Crippen molar-refractivity contribution in [2.24, 2.45) is 0 Å². The summed E-state index contributed by atoms with van der Waals surface area (Å²) in [5.74, 6) is 1.08. The van der Waals surface area contributed by atoms with Crippen molar-refractivity contribution in [3.8, 4) is 16.9 Å². The molecule has 0 radical (unpaired) electrons. The monoisotopic (exact) mass is 493 g/mol. The van der Waals surface area contributed by atoms with Gasteiger partial charge in [-0.2, -0.15) is 0 Å². The lowest BCUT2D eigenvalue weighted by atomic mass is 9.98. The molecule has 1 atom stereocenters. The van der Waals surface area contributed by atoms with Gasteiger partial charge in [0.1, 0.15) is 12.4 Å². The molecule has 3 aromatic carbocycles. The van der Waals surface area contributed by atoms with Crippen LogP contribution >= 0.6 is 21.6 Å². The van der Waals surface area contributed by atoms with Gasteiger partial charge in [-0.25, -0.2) is 4.79 Å². The van der Waals surface area contributed by atoms with Crippen LogP contribution in [0.4, 0.5) is 4.79 Å². The number of carbonyl (C=O) groups excluding carboxylic acids is 2. The van der Waals surface area contributed by atoms with Gasteiger partial charge in [0.25, 0.3) is 0 Å². The van der Waals surface area contributed by atoms with Crippen molar-refractivity contribution in [2.75, 3.05) is 12.4 Å². The van der Waals surface area contributed by atoms with E-state index in [1.807, 2.05) is 42.5 Å². The fourth-order valence-electron chi connectivity index (χ4n) is 4.03. The summed E-state index contributed by atoms with van der Waals surface area (Å²) in [5, 5.41) is 2.75. The first kappa shape index (κ1) is 24.2. The highest BCUT2D eigenvalue weighted by molar-refractivity contribution is 8.76. The van der Waals surface area contributed by atoms with Crippen LogP contribution in [0.25, 0.3) is 11.1 Å². The number of amides is 1. The van der Waals surface area contributed by atoms with Crippen molar-refractivity contribution in [3.05, 3.63) is 83.9 Å². The summed E-state index contributed by atoms with van der Waals surface area (Å²) in [7, 11) is 3.26. The third-order valence-corrected chi connectivity index (χ3v) is 7.99. The Balaban J connectivity index is 1.29. The molecule has 0 spiro atoms. The average Bonchev–Trinajstić information content (AvgIpc) is 3.16. The number of ether oxygens (including phenoxy) is 2. The van der Waals surface area contributed by atoms with Gasteiger partial charge in [-0.15, -0.1) is 0 Å². The highest BCUT2D eigenvalue weighted by Crippen LogP contribution is 2.44. The molecule has 0 saturated carbocycles. The number of benzene rings is 3. The molecule has 5 nitrogen and oxygen atoms in total. The SMILES string of the molecule is CCSSc1ccccc1OC(=O)CC(C)NC(=O)OCC1c2ccccc2-c2ccccc21. The lowest BCUT2D eigenvalue weighted by Crippen LogP contribution is -2.36. The zero-order valence-corrected chi connectivity index (χ0v) is 20.8. The third-order valence-electron chi connectivity index (χ3n) is 5.52. The summed E-state index contributed by atoms with van der Waals surface area (Å²) < 4.78 is 11.1. The largest absolute Gasteiger partial charge is 0.449 e. The van der Waals surface area contributed by atoms with E-state index in [1.165, 1.54) is 11.1 Å². The van der Waals surface area contributed by atoms with Crippen LogP contribution in [0.5, 0.6) is 5.75 Å². The molecule has 0 heterocycles. The number of nitrogens with one attached hydrogen (secondary N) is 1. The van der Waals surface area contributed by atoms with Gasteiger partial charge in [0.15, 0.2) is 0 Å². The van der Waals surface area contributed by atoms with E-state index in [9.17, 15) is 9.59 Å². The second kappa shape index (κ2) is 11.5. The zero-order valence-electron chi connectivity index (χ0n) is 19.2. The third kappa shape index (κ3) is 5.77. The van der Waals surface area contributed by atoms with E-state index in [0.717, 1.165) is 21.8 Å². The molecule has 3 aromatic rings. The van der Waals surface area contributed by atoms with Crippen LogP contribution in [0.3, 0.4) is 0 Å². The summed E-state index contributed by atoms with van der Waals surface area (Å²) in [6.07, 6.45) is -0.498. The molecule has 1 unspecified atom stereocenters. The Morgan fingerprint density at radius 2 is 1.56 bits per heavy atom. The Hall–Kier alpha value is -2.90. The number of hydrogen-bond acceptors (Lipinski definition) is 6. The van der Waals surface area contributed by atoms with E-state index in [2.05, 4.69) is 36.5 Å². The maximum absolute atomic E-state index is 12.5. The van der Waals surface area contributed by atoms with E-state index in [-0.39, 0.29) is 18.9 Å². The second-order valence-corrected chi connectivity index (χ2v) is 10.6. The van der Waals surface area contributed by atoms with Gasteiger partial charge in [0.05, 0.1) is 11.3 Å². The Morgan fingerprint density at radius 1 is 0.941 bits per heavy atom. The van der Waals surface area contributed by atoms with Crippen molar-refractivity contribution in [3.63, 3.8) is 0 Å². The van der Waals surface area contributed by atoms with Crippen LogP contribution in [-0.4, -0.2) is 30.5 Å². The lowest BCUT2D eigenvalue weighted by Gasteiger charge is -2.17. The van der Waals surface area contributed by atoms with Crippen molar-refractivity contribution < 1.29 is 19.1 Å². The fraction of sp³-hybridized carbons (Fsp3) is 0.259. The van der Waals surface area contributed by atoms with Gasteiger partial charge in [-0.05, 0) is 41.3 Å². The summed E-state index contributed by atoms with van der Waals surface area (Å²) in [5.41, 5.74) is 4.68. The lowest BCUT2D eigenvalue weighted by molar-refractivity contribution is -0.134. The van der Waals surface area contributed by atoms with Gasteiger partial charge < -0.3 is 14.8 Å². The Labute approximate surface area is 208 Å². The minimum absolute atomic E-state index is 0.00610. The van der Waals surface area contributed by atoms with Gasteiger partial charge in [0.2, 0.25) is 0 Å². The van der Waals surface area contributed by atoms with Crippen molar-refractivity contribution in [2.45, 2.75) is 37.1 Å². The Morgan fingerprint density at radius 3 is 2.24 bits per heavy atom. The average molecular weight is 494 g/mol. The number of carbonyl (C=O) groups is 2. The van der Waals surface area contributed by atoms with Crippen LogP contribution in [0, 0.1) is 0 Å². The smallest absolute Gasteiger partial charge is 0.407 e. The molecule has 0 fully saturated rings. The van der Waals surface area contributed by atoms with Crippen LogP contribution in [0.1, 0.15) is 37.3 Å². The van der Waals surface area contributed by atoms with Gasteiger partial charge in [-0.1, -0.05) is 89.2 Å². The number of para-hydroxylation sites is 1. The minimum Gasteiger partial charge on any atom is -0.449 e. The summed E-state index contributed by atoms with van der Waals surface area (Å²) in [4.78, 5) is 25.8. The maximum atomic E-state index is 12.5. The quantitative estimate of drug-likeness (QED) is 0.204. The molecule has 1 aliphatic carbocycles. The van der Waals surface area contributed by atoms with Crippen molar-refractivity contribution >= 4 is 33.7 Å². The molecule has 176 valence electrons. The molecule has 0 saturated heterocycles. The van der Waals surface area contributed by atoms with Crippen LogP contribution in [0.2, 0.25) is 0 Å². The van der Waals surface area contributed by atoms with Crippen LogP contribution in [0.15, 0.2) is 77.7 Å². The highest BCUT2D eigenvalue weighted by atomic mass is 33.1. The molecule has 0 aliphatic heterocycles. The molecule has 4 rings (SSSR count). The summed E-state index contributed by atoms with van der Waals surface area (Å²) in [6, 6.07) is 23.4. The molecule has 1 amide bonds. The molecular formula is C27H27NO4S2. The van der Waals surface area contributed by atoms with Gasteiger partial charge in [-0.3, -0.25) is 4.79 Å². The highest BCUT2D eigenvalue weighted by Gasteiger charge is 2.29. The fourth-order valence-corrected chi connectivity index (χ4v) is 5.75. The van der Waals surface area contributed by atoms with E-state index in [4.69, 9.17) is 9.47 Å². The van der Waals surface area contributed by atoms with Crippen LogP contribution in [-0.2, 0) is 9.53 Å². The normalized spacial score (nSPS) is 13.0. The standard InChI is InChI=1S/C27H27NO4S2/c1-3-33-34-25-15-9-8-14-24(25)32-26(29)16-18(2)28-27(30)31-17-23-21-12-6-4-10-19(21)20-11-5-7-13-22(20)23/h4-15,18,23H,3,16-17H2,1-2H3,(H,28,30). The minimum atomic E-state index is -0.544. The number of fused-ring (bicyclic) bond motifs is 3. The molecule has 34 heavy (non-hydrogen) atoms. The molecule has 1 aliphatic rings. The molecule has 1 N–H and O–H groups in total. The molecule has 7 heteroatoms. The predicted molar refractivity (Wildman–Crippen MR) is 138 cm³/mol. The number of alkyl carbamates (subject to hydrolysis) is 1. The van der Waals surface area contributed by atoms with Gasteiger partial charge >= 0.3 is 12.1 Å².